The highest BCUT2D eigenvalue weighted by molar-refractivity contribution is 6.09. The van der Waals surface area contributed by atoms with E-state index in [1.165, 1.54) is 16.8 Å². The van der Waals surface area contributed by atoms with Gasteiger partial charge in [-0.15, -0.1) is 0 Å². The van der Waals surface area contributed by atoms with Crippen LogP contribution in [0.25, 0.3) is 0 Å². The number of nitrogens with one attached hydrogen (secondary N) is 1. The molecule has 1 saturated heterocycles. The van der Waals surface area contributed by atoms with Crippen LogP contribution in [0.1, 0.15) is 41.6 Å². The summed E-state index contributed by atoms with van der Waals surface area (Å²) in [5, 5.41) is 17.2. The molecule has 10 heteroatoms. The van der Waals surface area contributed by atoms with Crippen molar-refractivity contribution in [2.75, 3.05) is 13.6 Å². The number of hydrogen-bond donors (Lipinski definition) is 3. The van der Waals surface area contributed by atoms with Crippen LogP contribution < -0.4 is 5.73 Å². The van der Waals surface area contributed by atoms with E-state index in [1.807, 2.05) is 30.3 Å². The fourth-order valence-electron chi connectivity index (χ4n) is 4.93. The molecule has 4 rings (SSSR count). The Bertz CT molecular complexity index is 1430. The lowest BCUT2D eigenvalue weighted by Gasteiger charge is -2.32. The van der Waals surface area contributed by atoms with E-state index in [1.54, 1.807) is 61.5 Å². The molecule has 0 bridgehead atoms. The Morgan fingerprint density at radius 3 is 2.10 bits per heavy atom. The van der Waals surface area contributed by atoms with Gasteiger partial charge in [0.15, 0.2) is 0 Å². The van der Waals surface area contributed by atoms with Crippen LogP contribution >= 0.6 is 0 Å². The lowest BCUT2D eigenvalue weighted by atomic mass is 9.89. The van der Waals surface area contributed by atoms with E-state index in [-0.39, 0.29) is 18.8 Å². The molecule has 4 N–H and O–H groups in total. The van der Waals surface area contributed by atoms with E-state index >= 15 is 0 Å². The van der Waals surface area contributed by atoms with Gasteiger partial charge in [-0.05, 0) is 23.6 Å². The zero-order chi connectivity index (χ0) is 29.0. The third-order valence-electron chi connectivity index (χ3n) is 7.31. The van der Waals surface area contributed by atoms with Gasteiger partial charge in [0.2, 0.25) is 5.91 Å². The summed E-state index contributed by atoms with van der Waals surface area (Å²) in [6, 6.07) is 23.0. The lowest BCUT2D eigenvalue weighted by molar-refractivity contribution is -0.143. The second-order valence-corrected chi connectivity index (χ2v) is 9.84. The molecule has 2 atom stereocenters. The number of carbonyl (C=O) groups excluding carboxylic acids is 3. The molecule has 0 radical (unpaired) electrons. The van der Waals surface area contributed by atoms with Gasteiger partial charge in [-0.25, -0.2) is 4.79 Å². The van der Waals surface area contributed by atoms with E-state index < -0.39 is 41.9 Å². The minimum absolute atomic E-state index is 0.114. The molecular weight excluding hydrogens is 510 g/mol. The maximum absolute atomic E-state index is 14.0. The second-order valence-electron chi connectivity index (χ2n) is 9.84. The van der Waals surface area contributed by atoms with Crippen LogP contribution in [0, 0.1) is 5.41 Å². The third-order valence-corrected chi connectivity index (χ3v) is 7.31. The number of nitrogen functional groups attached to an aromatic ring is 1. The number of benzene rings is 3. The van der Waals surface area contributed by atoms with Crippen molar-refractivity contribution in [1.82, 2.24) is 14.7 Å². The number of likely N-dealkylation sites (N-methyl/N-ethyl adjacent to an activating group) is 1. The van der Waals surface area contributed by atoms with Crippen LogP contribution in [0.2, 0.25) is 0 Å². The zero-order valence-electron chi connectivity index (χ0n) is 22.3. The predicted molar refractivity (Wildman–Crippen MR) is 148 cm³/mol. The number of amides is 4. The number of aliphatic carboxylic acids is 1. The minimum Gasteiger partial charge on any atom is -0.481 e. The molecule has 3 aromatic carbocycles. The van der Waals surface area contributed by atoms with Crippen molar-refractivity contribution in [3.63, 3.8) is 0 Å². The summed E-state index contributed by atoms with van der Waals surface area (Å²) < 4.78 is 0. The Balaban J connectivity index is 1.67. The molecule has 1 aliphatic rings. The summed E-state index contributed by atoms with van der Waals surface area (Å²) in [7, 11) is 1.47. The van der Waals surface area contributed by atoms with Crippen molar-refractivity contribution in [2.45, 2.75) is 31.5 Å². The van der Waals surface area contributed by atoms with E-state index in [9.17, 15) is 24.3 Å². The van der Waals surface area contributed by atoms with E-state index in [0.29, 0.717) is 16.7 Å². The van der Waals surface area contributed by atoms with Crippen molar-refractivity contribution >= 4 is 29.7 Å². The number of nitrogens with zero attached hydrogens (tertiary/aromatic N) is 3. The Morgan fingerprint density at radius 1 is 0.975 bits per heavy atom. The van der Waals surface area contributed by atoms with Gasteiger partial charge in [0.1, 0.15) is 17.9 Å². The molecule has 10 nitrogen and oxygen atoms in total. The summed E-state index contributed by atoms with van der Waals surface area (Å²) in [6.45, 7) is 1.19. The van der Waals surface area contributed by atoms with Crippen LogP contribution in [0.15, 0.2) is 84.9 Å². The van der Waals surface area contributed by atoms with Gasteiger partial charge in [0, 0.05) is 19.2 Å². The molecule has 0 saturated carbocycles. The average Bonchev–Trinajstić information content (AvgIpc) is 3.13. The topological polar surface area (TPSA) is 148 Å². The van der Waals surface area contributed by atoms with Gasteiger partial charge in [-0.1, -0.05) is 84.9 Å². The van der Waals surface area contributed by atoms with Gasteiger partial charge < -0.3 is 20.6 Å². The quantitative estimate of drug-likeness (QED) is 0.204. The molecule has 0 aromatic heterocycles. The first kappa shape index (κ1) is 28.0. The molecule has 1 fully saturated rings. The first-order chi connectivity index (χ1) is 19.0. The Labute approximate surface area is 232 Å². The smallest absolute Gasteiger partial charge is 0.328 e. The fourth-order valence-corrected chi connectivity index (χ4v) is 4.93. The maximum atomic E-state index is 14.0. The molecule has 2 unspecified atom stereocenters. The second kappa shape index (κ2) is 11.4. The van der Waals surface area contributed by atoms with Crippen LogP contribution in [-0.2, 0) is 26.5 Å². The first-order valence-electron chi connectivity index (χ1n) is 12.7. The SMILES string of the molecule is CN(C(=O)CN1C(=O)N(Cc2ccccc2)C(C)(c2ccc(C(=N)N)cc2)C1=O)C(CC(=O)O)c1ccccc1. The number of rotatable bonds is 10. The van der Waals surface area contributed by atoms with E-state index in [4.69, 9.17) is 11.1 Å². The largest absolute Gasteiger partial charge is 0.481 e. The van der Waals surface area contributed by atoms with Gasteiger partial charge in [0.25, 0.3) is 5.91 Å². The summed E-state index contributed by atoms with van der Waals surface area (Å²) >= 11 is 0. The predicted octanol–water partition coefficient (Wildman–Crippen LogP) is 3.32. The monoisotopic (exact) mass is 541 g/mol. The summed E-state index contributed by atoms with van der Waals surface area (Å²) in [6.07, 6.45) is -0.339. The van der Waals surface area contributed by atoms with Crippen LogP contribution in [-0.4, -0.2) is 63.0 Å². The summed E-state index contributed by atoms with van der Waals surface area (Å²) in [5.41, 5.74) is 6.55. The molecule has 1 aliphatic heterocycles. The molecule has 40 heavy (non-hydrogen) atoms. The van der Waals surface area contributed by atoms with Crippen molar-refractivity contribution in [2.24, 2.45) is 5.73 Å². The van der Waals surface area contributed by atoms with Crippen molar-refractivity contribution < 1.29 is 24.3 Å². The number of imide groups is 1. The Morgan fingerprint density at radius 2 is 1.55 bits per heavy atom. The summed E-state index contributed by atoms with van der Waals surface area (Å²) in [5.74, 6) is -2.37. The molecule has 1 heterocycles. The van der Waals surface area contributed by atoms with Crippen molar-refractivity contribution in [3.05, 3.63) is 107 Å². The molecule has 0 spiro atoms. The molecule has 206 valence electrons. The molecule has 4 amide bonds. The van der Waals surface area contributed by atoms with Crippen LogP contribution in [0.5, 0.6) is 0 Å². The standard InChI is InChI=1S/C30H31N5O5/c1-30(23-15-13-22(14-16-23)27(31)32)28(39)34(29(40)35(30)18-20-9-5-3-6-10-20)19-25(36)33(2)24(17-26(37)38)21-11-7-4-8-12-21/h3-16,24H,17-19H2,1-2H3,(H3,31,32)(H,37,38). The van der Waals surface area contributed by atoms with Crippen molar-refractivity contribution in [1.29, 1.82) is 5.41 Å². The first-order valence-corrected chi connectivity index (χ1v) is 12.7. The number of hydrogen-bond acceptors (Lipinski definition) is 5. The van der Waals surface area contributed by atoms with Crippen LogP contribution in [0.4, 0.5) is 4.79 Å². The Hall–Kier alpha value is -4.99. The van der Waals surface area contributed by atoms with Gasteiger partial charge in [-0.2, -0.15) is 0 Å². The van der Waals surface area contributed by atoms with Crippen molar-refractivity contribution in [3.8, 4) is 0 Å². The number of amidine groups is 1. The van der Waals surface area contributed by atoms with Gasteiger partial charge in [-0.3, -0.25) is 24.7 Å². The highest BCUT2D eigenvalue weighted by Crippen LogP contribution is 2.39. The highest BCUT2D eigenvalue weighted by atomic mass is 16.4. The normalized spacial score (nSPS) is 17.6. The average molecular weight is 542 g/mol. The minimum atomic E-state index is -1.44. The number of carboxylic acids is 1. The van der Waals surface area contributed by atoms with E-state index in [2.05, 4.69) is 0 Å². The van der Waals surface area contributed by atoms with Gasteiger partial charge in [0.05, 0.1) is 12.5 Å². The number of carbonyl (C=O) groups is 4. The maximum Gasteiger partial charge on any atom is 0.328 e. The number of carboxylic acid groups (broad SMARTS) is 1. The molecule has 0 aliphatic carbocycles. The number of urea groups is 1. The highest BCUT2D eigenvalue weighted by Gasteiger charge is 2.55. The molecular formula is C30H31N5O5. The number of nitrogens with two attached hydrogens (primary N) is 1. The zero-order valence-corrected chi connectivity index (χ0v) is 22.3. The van der Waals surface area contributed by atoms with Crippen LogP contribution in [0.3, 0.4) is 0 Å². The fraction of sp³-hybridized carbons (Fsp3) is 0.233. The third kappa shape index (κ3) is 5.42. The lowest BCUT2D eigenvalue weighted by Crippen LogP contribution is -2.45. The Kier molecular flexibility index (Phi) is 7.99. The van der Waals surface area contributed by atoms with Gasteiger partial charge >= 0.3 is 12.0 Å². The molecule has 3 aromatic rings. The summed E-state index contributed by atoms with van der Waals surface area (Å²) in [4.78, 5) is 56.4. The van der Waals surface area contributed by atoms with E-state index in [0.717, 1.165) is 10.5 Å².